The van der Waals surface area contributed by atoms with Gasteiger partial charge in [-0.2, -0.15) is 4.98 Å². The Balaban J connectivity index is 2.20. The fraction of sp³-hybridized carbons (Fsp3) is 0.467. The predicted octanol–water partition coefficient (Wildman–Crippen LogP) is 1.91. The van der Waals surface area contributed by atoms with Crippen molar-refractivity contribution in [2.24, 2.45) is 5.73 Å². The van der Waals surface area contributed by atoms with Gasteiger partial charge in [0.2, 0.25) is 5.89 Å². The molecule has 1 aromatic heterocycles. The monoisotopic (exact) mass is 275 g/mol. The molecule has 0 amide bonds. The summed E-state index contributed by atoms with van der Waals surface area (Å²) in [7, 11) is 1.63. The highest BCUT2D eigenvalue weighted by atomic mass is 16.5. The fourth-order valence-electron chi connectivity index (χ4n) is 2.03. The van der Waals surface area contributed by atoms with Crippen molar-refractivity contribution in [3.8, 4) is 0 Å². The van der Waals surface area contributed by atoms with Crippen LogP contribution in [-0.2, 0) is 16.6 Å². The number of hydrogen-bond donors (Lipinski definition) is 1. The van der Waals surface area contributed by atoms with Gasteiger partial charge in [0.25, 0.3) is 0 Å². The van der Waals surface area contributed by atoms with Crippen LogP contribution in [0.4, 0.5) is 0 Å². The van der Waals surface area contributed by atoms with Crippen LogP contribution in [0.2, 0.25) is 0 Å². The highest BCUT2D eigenvalue weighted by molar-refractivity contribution is 5.30. The molecule has 0 aliphatic heterocycles. The molecule has 2 rings (SSSR count). The number of ether oxygens (including phenoxy) is 1. The van der Waals surface area contributed by atoms with Crippen molar-refractivity contribution in [3.63, 3.8) is 0 Å². The summed E-state index contributed by atoms with van der Waals surface area (Å²) in [5, 5.41) is 4.10. The van der Waals surface area contributed by atoms with Gasteiger partial charge in [-0.15, -0.1) is 0 Å². The Bertz CT molecular complexity index is 533. The SMILES string of the molecule is COC(CN)Cc1nc(C(C)(C)c2ccccc2)no1. The molecule has 1 unspecified atom stereocenters. The van der Waals surface area contributed by atoms with Gasteiger partial charge in [0.15, 0.2) is 5.82 Å². The molecule has 1 aromatic carbocycles. The van der Waals surface area contributed by atoms with Gasteiger partial charge in [0.05, 0.1) is 17.9 Å². The Hall–Kier alpha value is -1.72. The number of aromatic nitrogens is 2. The van der Waals surface area contributed by atoms with Gasteiger partial charge >= 0.3 is 0 Å². The van der Waals surface area contributed by atoms with E-state index in [1.165, 1.54) is 0 Å². The molecule has 108 valence electrons. The maximum Gasteiger partial charge on any atom is 0.229 e. The second kappa shape index (κ2) is 6.15. The van der Waals surface area contributed by atoms with Gasteiger partial charge in [-0.3, -0.25) is 0 Å². The molecule has 0 aliphatic rings. The average Bonchev–Trinajstić information content (AvgIpc) is 2.95. The molecule has 0 fully saturated rings. The largest absolute Gasteiger partial charge is 0.380 e. The summed E-state index contributed by atoms with van der Waals surface area (Å²) in [4.78, 5) is 4.48. The zero-order chi connectivity index (χ0) is 14.6. The lowest BCUT2D eigenvalue weighted by Gasteiger charge is -2.20. The molecule has 0 radical (unpaired) electrons. The maximum absolute atomic E-state index is 5.60. The highest BCUT2D eigenvalue weighted by Gasteiger charge is 2.29. The van der Waals surface area contributed by atoms with E-state index in [1.54, 1.807) is 7.11 Å². The molecule has 5 nitrogen and oxygen atoms in total. The summed E-state index contributed by atoms with van der Waals surface area (Å²) in [5.74, 6) is 1.23. The second-order valence-electron chi connectivity index (χ2n) is 5.30. The summed E-state index contributed by atoms with van der Waals surface area (Å²) < 4.78 is 10.5. The quantitative estimate of drug-likeness (QED) is 0.871. The molecule has 0 aliphatic carbocycles. The number of rotatable bonds is 6. The third-order valence-electron chi connectivity index (χ3n) is 3.52. The van der Waals surface area contributed by atoms with Crippen LogP contribution in [0.1, 0.15) is 31.1 Å². The Morgan fingerprint density at radius 1 is 1.30 bits per heavy atom. The van der Waals surface area contributed by atoms with E-state index in [-0.39, 0.29) is 11.5 Å². The van der Waals surface area contributed by atoms with Gasteiger partial charge in [0, 0.05) is 13.7 Å². The Kier molecular flexibility index (Phi) is 4.52. The third kappa shape index (κ3) is 3.05. The molecular formula is C15H21N3O2. The van der Waals surface area contributed by atoms with E-state index in [9.17, 15) is 0 Å². The summed E-state index contributed by atoms with van der Waals surface area (Å²) >= 11 is 0. The lowest BCUT2D eigenvalue weighted by Crippen LogP contribution is -2.25. The van der Waals surface area contributed by atoms with Crippen LogP contribution >= 0.6 is 0 Å². The zero-order valence-electron chi connectivity index (χ0n) is 12.2. The number of hydrogen-bond acceptors (Lipinski definition) is 5. The lowest BCUT2D eigenvalue weighted by molar-refractivity contribution is 0.102. The molecule has 0 bridgehead atoms. The number of nitrogens with zero attached hydrogens (tertiary/aromatic N) is 2. The first kappa shape index (κ1) is 14.7. The topological polar surface area (TPSA) is 74.2 Å². The van der Waals surface area contributed by atoms with E-state index in [1.807, 2.05) is 18.2 Å². The van der Waals surface area contributed by atoms with E-state index in [0.29, 0.717) is 24.7 Å². The summed E-state index contributed by atoms with van der Waals surface area (Å²) in [6, 6.07) is 10.1. The van der Waals surface area contributed by atoms with Crippen LogP contribution in [-0.4, -0.2) is 29.9 Å². The third-order valence-corrected chi connectivity index (χ3v) is 3.52. The van der Waals surface area contributed by atoms with Crippen molar-refractivity contribution < 1.29 is 9.26 Å². The molecule has 1 atom stereocenters. The van der Waals surface area contributed by atoms with Gasteiger partial charge < -0.3 is 15.0 Å². The summed E-state index contributed by atoms with van der Waals surface area (Å²) in [6.07, 6.45) is 0.438. The van der Waals surface area contributed by atoms with Crippen LogP contribution in [0.3, 0.4) is 0 Å². The molecule has 20 heavy (non-hydrogen) atoms. The summed E-state index contributed by atoms with van der Waals surface area (Å²) in [5.41, 5.74) is 6.45. The molecule has 0 saturated carbocycles. The lowest BCUT2D eigenvalue weighted by atomic mass is 9.84. The van der Waals surface area contributed by atoms with Gasteiger partial charge in [-0.1, -0.05) is 35.5 Å². The minimum atomic E-state index is -0.297. The molecule has 5 heteroatoms. The molecular weight excluding hydrogens is 254 g/mol. The van der Waals surface area contributed by atoms with Crippen LogP contribution < -0.4 is 5.73 Å². The number of nitrogens with two attached hydrogens (primary N) is 1. The van der Waals surface area contributed by atoms with Gasteiger partial charge in [0.1, 0.15) is 0 Å². The first-order valence-corrected chi connectivity index (χ1v) is 6.69. The van der Waals surface area contributed by atoms with Crippen LogP contribution in [0.5, 0.6) is 0 Å². The standard InChI is InChI=1S/C15H21N3O2/c1-15(2,11-7-5-4-6-8-11)14-17-13(20-18-14)9-12(10-16)19-3/h4-8,12H,9-10,16H2,1-3H3. The van der Waals surface area contributed by atoms with Crippen LogP contribution in [0.25, 0.3) is 0 Å². The molecule has 0 saturated heterocycles. The number of benzene rings is 1. The molecule has 1 heterocycles. The van der Waals surface area contributed by atoms with E-state index in [0.717, 1.165) is 5.56 Å². The molecule has 2 N–H and O–H groups in total. The smallest absolute Gasteiger partial charge is 0.229 e. The van der Waals surface area contributed by atoms with E-state index >= 15 is 0 Å². The van der Waals surface area contributed by atoms with E-state index < -0.39 is 0 Å². The predicted molar refractivity (Wildman–Crippen MR) is 76.4 cm³/mol. The van der Waals surface area contributed by atoms with E-state index in [2.05, 4.69) is 36.1 Å². The Labute approximate surface area is 119 Å². The van der Waals surface area contributed by atoms with Crippen LogP contribution in [0.15, 0.2) is 34.9 Å². The average molecular weight is 275 g/mol. The second-order valence-corrected chi connectivity index (χ2v) is 5.30. The van der Waals surface area contributed by atoms with Crippen LogP contribution in [0, 0.1) is 0 Å². The van der Waals surface area contributed by atoms with Crippen molar-refractivity contribution in [3.05, 3.63) is 47.6 Å². The zero-order valence-corrected chi connectivity index (χ0v) is 12.2. The highest BCUT2D eigenvalue weighted by Crippen LogP contribution is 2.29. The van der Waals surface area contributed by atoms with Gasteiger partial charge in [-0.05, 0) is 19.4 Å². The van der Waals surface area contributed by atoms with Crippen molar-refractivity contribution in [2.45, 2.75) is 31.8 Å². The molecule has 0 spiro atoms. The fourth-order valence-corrected chi connectivity index (χ4v) is 2.03. The minimum Gasteiger partial charge on any atom is -0.380 e. The number of methoxy groups -OCH3 is 1. The first-order valence-electron chi connectivity index (χ1n) is 6.69. The van der Waals surface area contributed by atoms with E-state index in [4.69, 9.17) is 15.0 Å². The van der Waals surface area contributed by atoms with Crippen molar-refractivity contribution in [1.82, 2.24) is 10.1 Å². The summed E-state index contributed by atoms with van der Waals surface area (Å²) in [6.45, 7) is 4.58. The maximum atomic E-state index is 5.60. The van der Waals surface area contributed by atoms with Crippen molar-refractivity contribution >= 4 is 0 Å². The van der Waals surface area contributed by atoms with Crippen molar-refractivity contribution in [2.75, 3.05) is 13.7 Å². The van der Waals surface area contributed by atoms with Gasteiger partial charge in [-0.25, -0.2) is 0 Å². The Morgan fingerprint density at radius 2 is 2.00 bits per heavy atom. The van der Waals surface area contributed by atoms with Crippen molar-refractivity contribution in [1.29, 1.82) is 0 Å². The first-order chi connectivity index (χ1) is 9.57. The minimum absolute atomic E-state index is 0.0943. The molecule has 2 aromatic rings. The normalized spacial score (nSPS) is 13.4. The Morgan fingerprint density at radius 3 is 2.60 bits per heavy atom.